The van der Waals surface area contributed by atoms with E-state index in [0.29, 0.717) is 18.1 Å². The zero-order valence-corrected chi connectivity index (χ0v) is 14.8. The summed E-state index contributed by atoms with van der Waals surface area (Å²) in [6.45, 7) is 0.653. The Morgan fingerprint density at radius 1 is 0.923 bits per heavy atom. The number of nitrogens with one attached hydrogen (secondary N) is 1. The zero-order chi connectivity index (χ0) is 18.5. The summed E-state index contributed by atoms with van der Waals surface area (Å²) >= 11 is 0. The van der Waals surface area contributed by atoms with Crippen LogP contribution in [-0.4, -0.2) is 40.8 Å². The van der Waals surface area contributed by atoms with Crippen molar-refractivity contribution in [2.75, 3.05) is 30.9 Å². The molecule has 0 amide bonds. The molecule has 0 saturated heterocycles. The Balaban J connectivity index is 1.69. The van der Waals surface area contributed by atoms with Gasteiger partial charge in [-0.25, -0.2) is 0 Å². The number of anilines is 2. The van der Waals surface area contributed by atoms with E-state index in [4.69, 9.17) is 0 Å². The van der Waals surface area contributed by atoms with Gasteiger partial charge < -0.3 is 20.4 Å². The molecule has 6 heteroatoms. The monoisotopic (exact) mass is 350 g/mol. The lowest BCUT2D eigenvalue weighted by Crippen LogP contribution is -2.08. The van der Waals surface area contributed by atoms with Crippen LogP contribution in [0.25, 0.3) is 11.3 Å². The molecule has 0 aliphatic carbocycles. The van der Waals surface area contributed by atoms with E-state index in [-0.39, 0.29) is 11.8 Å². The summed E-state index contributed by atoms with van der Waals surface area (Å²) in [5.74, 6) is 0.829. The molecule has 0 aliphatic heterocycles. The summed E-state index contributed by atoms with van der Waals surface area (Å²) in [6, 6.07) is 16.6. The maximum atomic E-state index is 9.85. The van der Waals surface area contributed by atoms with Gasteiger partial charge in [0.2, 0.25) is 0 Å². The first kappa shape index (κ1) is 17.5. The maximum Gasteiger partial charge on any atom is 0.316 e. The van der Waals surface area contributed by atoms with Gasteiger partial charge in [0.15, 0.2) is 0 Å². The van der Waals surface area contributed by atoms with Crippen molar-refractivity contribution in [3.8, 4) is 23.0 Å². The molecule has 0 fully saturated rings. The van der Waals surface area contributed by atoms with Crippen molar-refractivity contribution in [3.63, 3.8) is 0 Å². The average Bonchev–Trinajstić information content (AvgIpc) is 2.63. The minimum Gasteiger partial charge on any atom is -0.508 e. The summed E-state index contributed by atoms with van der Waals surface area (Å²) in [4.78, 5) is 10.2. The molecule has 26 heavy (non-hydrogen) atoms. The summed E-state index contributed by atoms with van der Waals surface area (Å²) in [6.07, 6.45) is 0.776. The van der Waals surface area contributed by atoms with E-state index in [9.17, 15) is 10.2 Å². The molecule has 2 aromatic carbocycles. The lowest BCUT2D eigenvalue weighted by atomic mass is 10.1. The molecule has 0 radical (unpaired) electrons. The smallest absolute Gasteiger partial charge is 0.316 e. The van der Waals surface area contributed by atoms with Crippen LogP contribution in [0.15, 0.2) is 54.6 Å². The Morgan fingerprint density at radius 3 is 2.27 bits per heavy atom. The van der Waals surface area contributed by atoms with Crippen molar-refractivity contribution in [1.29, 1.82) is 0 Å². The second kappa shape index (κ2) is 7.74. The van der Waals surface area contributed by atoms with Crippen LogP contribution in [0.1, 0.15) is 5.56 Å². The minimum atomic E-state index is -0.258. The van der Waals surface area contributed by atoms with Gasteiger partial charge in [-0.15, -0.1) is 0 Å². The van der Waals surface area contributed by atoms with Gasteiger partial charge in [-0.3, -0.25) is 0 Å². The van der Waals surface area contributed by atoms with E-state index in [1.165, 1.54) is 0 Å². The fourth-order valence-corrected chi connectivity index (χ4v) is 2.60. The second-order valence-corrected chi connectivity index (χ2v) is 6.22. The number of rotatable bonds is 6. The predicted molar refractivity (Wildman–Crippen MR) is 104 cm³/mol. The number of hydrogen-bond acceptors (Lipinski definition) is 6. The number of phenols is 1. The number of phenolic OH excluding ortho intramolecular Hbond substituents is 1. The van der Waals surface area contributed by atoms with Gasteiger partial charge in [0.1, 0.15) is 11.6 Å². The molecule has 3 rings (SSSR count). The molecule has 0 aliphatic rings. The molecule has 0 bridgehead atoms. The van der Waals surface area contributed by atoms with Gasteiger partial charge in [0.05, 0.1) is 5.69 Å². The summed E-state index contributed by atoms with van der Waals surface area (Å²) in [5.41, 5.74) is 3.78. The van der Waals surface area contributed by atoms with Crippen LogP contribution in [0.4, 0.5) is 11.5 Å². The molecule has 0 spiro atoms. The fraction of sp³-hybridized carbons (Fsp3) is 0.200. The third-order valence-electron chi connectivity index (χ3n) is 4.05. The van der Waals surface area contributed by atoms with Gasteiger partial charge in [-0.2, -0.15) is 9.97 Å². The highest BCUT2D eigenvalue weighted by Crippen LogP contribution is 2.24. The van der Waals surface area contributed by atoms with Gasteiger partial charge in [0, 0.05) is 38.0 Å². The Kier molecular flexibility index (Phi) is 5.22. The lowest BCUT2D eigenvalue weighted by Gasteiger charge is -2.13. The molecule has 1 aromatic heterocycles. The first-order chi connectivity index (χ1) is 12.5. The minimum absolute atomic E-state index is 0.257. The average molecular weight is 350 g/mol. The van der Waals surface area contributed by atoms with E-state index >= 15 is 0 Å². The Hall–Kier alpha value is -3.28. The van der Waals surface area contributed by atoms with E-state index in [2.05, 4.69) is 15.3 Å². The van der Waals surface area contributed by atoms with Gasteiger partial charge in [-0.05, 0) is 36.2 Å². The number of benzene rings is 2. The quantitative estimate of drug-likeness (QED) is 0.633. The molecular weight excluding hydrogens is 328 g/mol. The van der Waals surface area contributed by atoms with E-state index < -0.39 is 0 Å². The normalized spacial score (nSPS) is 10.5. The van der Waals surface area contributed by atoms with Crippen LogP contribution < -0.4 is 10.2 Å². The molecule has 0 atom stereocenters. The second-order valence-electron chi connectivity index (χ2n) is 6.22. The van der Waals surface area contributed by atoms with Crippen molar-refractivity contribution in [1.82, 2.24) is 9.97 Å². The van der Waals surface area contributed by atoms with Crippen molar-refractivity contribution >= 4 is 11.5 Å². The largest absolute Gasteiger partial charge is 0.508 e. The van der Waals surface area contributed by atoms with Crippen molar-refractivity contribution < 1.29 is 10.2 Å². The Morgan fingerprint density at radius 2 is 1.62 bits per heavy atom. The summed E-state index contributed by atoms with van der Waals surface area (Å²) in [7, 11) is 3.98. The van der Waals surface area contributed by atoms with E-state index in [1.54, 1.807) is 12.1 Å². The molecule has 6 nitrogen and oxygen atoms in total. The molecule has 0 saturated carbocycles. The van der Waals surface area contributed by atoms with Crippen LogP contribution >= 0.6 is 0 Å². The van der Waals surface area contributed by atoms with Crippen molar-refractivity contribution in [2.24, 2.45) is 0 Å². The molecular formula is C20H22N4O2. The van der Waals surface area contributed by atoms with Gasteiger partial charge in [-0.1, -0.05) is 24.3 Å². The highest BCUT2D eigenvalue weighted by Gasteiger charge is 2.07. The fourth-order valence-electron chi connectivity index (χ4n) is 2.60. The van der Waals surface area contributed by atoms with Crippen molar-refractivity contribution in [2.45, 2.75) is 6.42 Å². The summed E-state index contributed by atoms with van der Waals surface area (Å²) in [5, 5.41) is 22.4. The van der Waals surface area contributed by atoms with Gasteiger partial charge in [0.25, 0.3) is 0 Å². The molecule has 1 heterocycles. The first-order valence-electron chi connectivity index (χ1n) is 8.39. The topological polar surface area (TPSA) is 81.5 Å². The van der Waals surface area contributed by atoms with Crippen LogP contribution in [0, 0.1) is 0 Å². The third kappa shape index (κ3) is 4.42. The lowest BCUT2D eigenvalue weighted by molar-refractivity contribution is 0.432. The molecule has 3 aromatic rings. The standard InChI is InChI=1S/C20H22N4O2/c1-24(2)16-7-5-15(6-8-16)18-13-19(23-20(26)22-18)21-12-11-14-3-9-17(25)10-4-14/h3-10,13,25H,11-12H2,1-2H3,(H2,21,22,23,26). The predicted octanol–water partition coefficient (Wildman–Crippen LogP) is 3.28. The van der Waals surface area contributed by atoms with Crippen LogP contribution in [0.3, 0.4) is 0 Å². The Labute approximate surface area is 152 Å². The van der Waals surface area contributed by atoms with Crippen LogP contribution in [0.2, 0.25) is 0 Å². The van der Waals surface area contributed by atoms with Crippen molar-refractivity contribution in [3.05, 3.63) is 60.2 Å². The third-order valence-corrected chi connectivity index (χ3v) is 4.05. The number of aromatic nitrogens is 2. The highest BCUT2D eigenvalue weighted by molar-refractivity contribution is 5.65. The van der Waals surface area contributed by atoms with E-state index in [1.807, 2.05) is 61.5 Å². The number of hydrogen-bond donors (Lipinski definition) is 3. The number of nitrogens with zero attached hydrogens (tertiary/aromatic N) is 3. The summed E-state index contributed by atoms with van der Waals surface area (Å²) < 4.78 is 0. The molecule has 3 N–H and O–H groups in total. The van der Waals surface area contributed by atoms with Crippen LogP contribution in [-0.2, 0) is 6.42 Å². The first-order valence-corrected chi connectivity index (χ1v) is 8.39. The molecule has 134 valence electrons. The highest BCUT2D eigenvalue weighted by atomic mass is 16.3. The van der Waals surface area contributed by atoms with E-state index in [0.717, 1.165) is 23.2 Å². The Bertz CT molecular complexity index is 862. The SMILES string of the molecule is CN(C)c1ccc(-c2cc(NCCc3ccc(O)cc3)nc(O)n2)cc1. The maximum absolute atomic E-state index is 9.85. The van der Waals surface area contributed by atoms with Gasteiger partial charge >= 0.3 is 6.01 Å². The zero-order valence-electron chi connectivity index (χ0n) is 14.8. The van der Waals surface area contributed by atoms with Crippen LogP contribution in [0.5, 0.6) is 11.8 Å². The number of aromatic hydroxyl groups is 2. The molecule has 0 unspecified atom stereocenters.